The summed E-state index contributed by atoms with van der Waals surface area (Å²) in [6.07, 6.45) is 4.25. The van der Waals surface area contributed by atoms with Gasteiger partial charge in [-0.05, 0) is 58.6 Å². The summed E-state index contributed by atoms with van der Waals surface area (Å²) < 4.78 is 0. The van der Waals surface area contributed by atoms with Crippen molar-refractivity contribution in [1.29, 1.82) is 0 Å². The van der Waals surface area contributed by atoms with Gasteiger partial charge in [-0.3, -0.25) is 10.1 Å². The van der Waals surface area contributed by atoms with Crippen LogP contribution in [0.15, 0.2) is 24.3 Å². The molecular formula is C19H23NO3. The van der Waals surface area contributed by atoms with Gasteiger partial charge in [-0.15, -0.1) is 0 Å². The first kappa shape index (κ1) is 15.8. The molecule has 0 bridgehead atoms. The quantitative estimate of drug-likeness (QED) is 0.617. The van der Waals surface area contributed by atoms with E-state index in [1.807, 2.05) is 6.07 Å². The molecule has 0 fully saturated rings. The lowest BCUT2D eigenvalue weighted by Gasteiger charge is -2.42. The minimum Gasteiger partial charge on any atom is -0.502 e. The molecule has 2 atom stereocenters. The van der Waals surface area contributed by atoms with Gasteiger partial charge in [0, 0.05) is 6.07 Å². The first-order valence-electron chi connectivity index (χ1n) is 8.34. The molecule has 1 aliphatic rings. The lowest BCUT2D eigenvalue weighted by atomic mass is 9.62. The van der Waals surface area contributed by atoms with Crippen molar-refractivity contribution in [3.63, 3.8) is 0 Å². The van der Waals surface area contributed by atoms with Crippen molar-refractivity contribution in [3.05, 3.63) is 45.5 Å². The molecule has 0 heterocycles. The summed E-state index contributed by atoms with van der Waals surface area (Å²) in [4.78, 5) is 10.6. The largest absolute Gasteiger partial charge is 0.502 e. The Kier molecular flexibility index (Phi) is 3.78. The smallest absolute Gasteiger partial charge is 0.311 e. The third-order valence-corrected chi connectivity index (χ3v) is 5.84. The van der Waals surface area contributed by atoms with Crippen LogP contribution in [0.25, 0.3) is 10.8 Å². The molecule has 0 aromatic heterocycles. The van der Waals surface area contributed by atoms with E-state index in [0.29, 0.717) is 5.92 Å². The van der Waals surface area contributed by atoms with Crippen molar-refractivity contribution in [2.24, 2.45) is 5.41 Å². The number of nitro benzene ring substituents is 1. The summed E-state index contributed by atoms with van der Waals surface area (Å²) in [6.45, 7) is 6.82. The highest BCUT2D eigenvalue weighted by Crippen LogP contribution is 2.51. The Labute approximate surface area is 136 Å². The molecule has 0 aliphatic heterocycles. The number of phenols is 1. The number of hydrogen-bond acceptors (Lipinski definition) is 3. The van der Waals surface area contributed by atoms with Crippen molar-refractivity contribution in [3.8, 4) is 5.75 Å². The zero-order chi connectivity index (χ0) is 16.8. The van der Waals surface area contributed by atoms with E-state index >= 15 is 0 Å². The van der Waals surface area contributed by atoms with E-state index < -0.39 is 4.92 Å². The number of aromatic hydroxyl groups is 1. The van der Waals surface area contributed by atoms with Crippen LogP contribution in [0.3, 0.4) is 0 Å². The molecule has 0 saturated heterocycles. The number of hydrogen-bond donors (Lipinski definition) is 1. The van der Waals surface area contributed by atoms with Crippen LogP contribution in [0.2, 0.25) is 0 Å². The van der Waals surface area contributed by atoms with Gasteiger partial charge in [0.1, 0.15) is 0 Å². The Morgan fingerprint density at radius 1 is 1.35 bits per heavy atom. The lowest BCUT2D eigenvalue weighted by Crippen LogP contribution is -2.30. The monoisotopic (exact) mass is 313 g/mol. The van der Waals surface area contributed by atoms with E-state index in [-0.39, 0.29) is 16.9 Å². The summed E-state index contributed by atoms with van der Waals surface area (Å²) in [5.74, 6) is 0.220. The zero-order valence-corrected chi connectivity index (χ0v) is 13.9. The molecule has 122 valence electrons. The van der Waals surface area contributed by atoms with Crippen molar-refractivity contribution in [2.75, 3.05) is 0 Å². The Balaban J connectivity index is 2.26. The average Bonchev–Trinajstić information content (AvgIpc) is 2.53. The summed E-state index contributed by atoms with van der Waals surface area (Å²) in [7, 11) is 0. The number of fused-ring (bicyclic) bond motifs is 3. The molecule has 0 amide bonds. The van der Waals surface area contributed by atoms with Crippen LogP contribution in [0.1, 0.15) is 57.1 Å². The number of rotatable bonds is 3. The molecule has 23 heavy (non-hydrogen) atoms. The molecule has 1 unspecified atom stereocenters. The second kappa shape index (κ2) is 5.52. The summed E-state index contributed by atoms with van der Waals surface area (Å²) in [6, 6.07) is 7.21. The van der Waals surface area contributed by atoms with Crippen LogP contribution in [0, 0.1) is 15.5 Å². The second-order valence-electron chi connectivity index (χ2n) is 6.92. The molecular weight excluding hydrogens is 290 g/mol. The molecule has 3 rings (SSSR count). The van der Waals surface area contributed by atoms with E-state index in [4.69, 9.17) is 0 Å². The van der Waals surface area contributed by atoms with Crippen LogP contribution in [0.5, 0.6) is 5.75 Å². The van der Waals surface area contributed by atoms with Gasteiger partial charge in [0.15, 0.2) is 5.75 Å². The van der Waals surface area contributed by atoms with Gasteiger partial charge in [-0.2, -0.15) is 0 Å². The highest BCUT2D eigenvalue weighted by atomic mass is 16.6. The minimum atomic E-state index is -0.509. The third-order valence-electron chi connectivity index (χ3n) is 5.84. The van der Waals surface area contributed by atoms with Gasteiger partial charge in [-0.1, -0.05) is 39.3 Å². The first-order valence-corrected chi connectivity index (χ1v) is 8.34. The molecule has 1 N–H and O–H groups in total. The van der Waals surface area contributed by atoms with Gasteiger partial charge < -0.3 is 5.11 Å². The Hall–Kier alpha value is -2.10. The van der Waals surface area contributed by atoms with Crippen molar-refractivity contribution in [2.45, 2.75) is 52.4 Å². The lowest BCUT2D eigenvalue weighted by molar-refractivity contribution is -0.385. The first-order chi connectivity index (χ1) is 10.9. The number of aryl methyl sites for hydroxylation is 1. The van der Waals surface area contributed by atoms with E-state index in [1.165, 1.54) is 17.2 Å². The van der Waals surface area contributed by atoms with Crippen LogP contribution in [0.4, 0.5) is 5.69 Å². The Morgan fingerprint density at radius 2 is 2.09 bits per heavy atom. The number of nitro groups is 1. The highest BCUT2D eigenvalue weighted by molar-refractivity contribution is 5.91. The van der Waals surface area contributed by atoms with Crippen LogP contribution < -0.4 is 0 Å². The molecule has 1 aliphatic carbocycles. The number of nitrogens with zero attached hydrogens (tertiary/aromatic N) is 1. The maximum absolute atomic E-state index is 11.1. The summed E-state index contributed by atoms with van der Waals surface area (Å²) in [5, 5.41) is 22.8. The SMILES string of the molecule is CCC1c2ccc3cc(O)c([N+](=O)[O-])cc3c2CC[C@]1(C)CC. The topological polar surface area (TPSA) is 63.4 Å². The predicted molar refractivity (Wildman–Crippen MR) is 92.0 cm³/mol. The second-order valence-corrected chi connectivity index (χ2v) is 6.92. The molecule has 2 aromatic rings. The van der Waals surface area contributed by atoms with E-state index in [1.54, 1.807) is 6.07 Å². The van der Waals surface area contributed by atoms with Gasteiger partial charge >= 0.3 is 5.69 Å². The fourth-order valence-corrected chi connectivity index (χ4v) is 4.28. The van der Waals surface area contributed by atoms with Crippen molar-refractivity contribution < 1.29 is 10.0 Å². The fraction of sp³-hybridized carbons (Fsp3) is 0.474. The summed E-state index contributed by atoms with van der Waals surface area (Å²) in [5.41, 5.74) is 2.64. The standard InChI is InChI=1S/C19H23NO3/c1-4-16-14-7-6-12-10-18(21)17(20(22)23)11-15(12)13(14)8-9-19(16,3)5-2/h6-7,10-11,16,21H,4-5,8-9H2,1-3H3/t16?,19-/m0/s1. The maximum atomic E-state index is 11.1. The predicted octanol–water partition coefficient (Wildman–Crippen LogP) is 5.31. The van der Waals surface area contributed by atoms with E-state index in [0.717, 1.165) is 36.5 Å². The average molecular weight is 313 g/mol. The molecule has 2 aromatic carbocycles. The molecule has 0 spiro atoms. The fourth-order valence-electron chi connectivity index (χ4n) is 4.28. The van der Waals surface area contributed by atoms with Crippen molar-refractivity contribution >= 4 is 16.5 Å². The highest BCUT2D eigenvalue weighted by Gasteiger charge is 2.37. The van der Waals surface area contributed by atoms with Gasteiger partial charge in [0.25, 0.3) is 0 Å². The van der Waals surface area contributed by atoms with Crippen LogP contribution in [-0.2, 0) is 6.42 Å². The third kappa shape index (κ3) is 2.37. The molecule has 4 nitrogen and oxygen atoms in total. The number of benzene rings is 2. The normalized spacial score (nSPS) is 23.7. The molecule has 4 heteroatoms. The molecule has 0 radical (unpaired) electrons. The van der Waals surface area contributed by atoms with Gasteiger partial charge in [-0.25, -0.2) is 0 Å². The Bertz CT molecular complexity index is 784. The van der Waals surface area contributed by atoms with Crippen molar-refractivity contribution in [1.82, 2.24) is 0 Å². The Morgan fingerprint density at radius 3 is 2.70 bits per heavy atom. The minimum absolute atomic E-state index is 0.206. The van der Waals surface area contributed by atoms with Gasteiger partial charge in [0.05, 0.1) is 4.92 Å². The van der Waals surface area contributed by atoms with Gasteiger partial charge in [0.2, 0.25) is 0 Å². The number of phenolic OH excluding ortho intramolecular Hbond substituents is 1. The van der Waals surface area contributed by atoms with E-state index in [2.05, 4.69) is 26.8 Å². The van der Waals surface area contributed by atoms with E-state index in [9.17, 15) is 15.2 Å². The van der Waals surface area contributed by atoms with Crippen LogP contribution >= 0.6 is 0 Å². The zero-order valence-electron chi connectivity index (χ0n) is 13.9. The maximum Gasteiger partial charge on any atom is 0.311 e. The van der Waals surface area contributed by atoms with Crippen LogP contribution in [-0.4, -0.2) is 10.0 Å². The summed E-state index contributed by atoms with van der Waals surface area (Å²) >= 11 is 0. The molecule has 0 saturated carbocycles.